The molecular formula is C14H16Cl2N3O+. The maximum Gasteiger partial charge on any atom is 0.306 e. The minimum Gasteiger partial charge on any atom is -0.383 e. The van der Waals surface area contributed by atoms with Gasteiger partial charge in [0.25, 0.3) is 0 Å². The van der Waals surface area contributed by atoms with E-state index in [1.165, 1.54) is 0 Å². The Bertz CT molecular complexity index is 598. The molecule has 0 aliphatic heterocycles. The number of halogens is 2. The summed E-state index contributed by atoms with van der Waals surface area (Å²) < 4.78 is 1.74. The Balaban J connectivity index is 1.89. The van der Waals surface area contributed by atoms with Crippen LogP contribution in [0.15, 0.2) is 36.9 Å². The Morgan fingerprint density at radius 3 is 2.75 bits per heavy atom. The molecule has 1 aromatic carbocycles. The SMILES string of the molecule is O[C@@](Cc1ccccc1Cl)(C[n+]1cnc[nH]1)C1(Cl)CC1. The van der Waals surface area contributed by atoms with Crippen molar-refractivity contribution in [3.05, 3.63) is 47.5 Å². The fourth-order valence-electron chi connectivity index (χ4n) is 2.51. The highest BCUT2D eigenvalue weighted by Gasteiger charge is 2.59. The number of aromatic amines is 1. The third-order valence-electron chi connectivity index (χ3n) is 3.90. The summed E-state index contributed by atoms with van der Waals surface area (Å²) >= 11 is 12.7. The second kappa shape index (κ2) is 5.02. The molecule has 0 spiro atoms. The van der Waals surface area contributed by atoms with E-state index in [2.05, 4.69) is 10.1 Å². The van der Waals surface area contributed by atoms with Gasteiger partial charge in [0.1, 0.15) is 12.1 Å². The second-order valence-corrected chi connectivity index (χ2v) is 6.55. The number of hydrogen-bond acceptors (Lipinski definition) is 2. The van der Waals surface area contributed by atoms with Gasteiger partial charge in [-0.25, -0.2) is 0 Å². The van der Waals surface area contributed by atoms with Crippen LogP contribution in [0.1, 0.15) is 18.4 Å². The van der Waals surface area contributed by atoms with Crippen molar-refractivity contribution in [3.8, 4) is 0 Å². The summed E-state index contributed by atoms with van der Waals surface area (Å²) in [7, 11) is 0. The van der Waals surface area contributed by atoms with E-state index in [0.717, 1.165) is 18.4 Å². The van der Waals surface area contributed by atoms with E-state index in [1.54, 1.807) is 17.3 Å². The molecular weight excluding hydrogens is 297 g/mol. The molecule has 1 aliphatic carbocycles. The first-order chi connectivity index (χ1) is 9.52. The van der Waals surface area contributed by atoms with E-state index in [-0.39, 0.29) is 0 Å². The fourth-order valence-corrected chi connectivity index (χ4v) is 2.93. The Morgan fingerprint density at radius 1 is 1.40 bits per heavy atom. The molecule has 1 aliphatic rings. The number of aromatic nitrogens is 3. The first kappa shape index (κ1) is 13.9. The number of aliphatic hydroxyl groups is 1. The molecule has 6 heteroatoms. The molecule has 2 aromatic rings. The molecule has 4 nitrogen and oxygen atoms in total. The lowest BCUT2D eigenvalue weighted by atomic mass is 9.89. The summed E-state index contributed by atoms with van der Waals surface area (Å²) in [6.07, 6.45) is 5.25. The van der Waals surface area contributed by atoms with Crippen LogP contribution in [-0.4, -0.2) is 25.7 Å². The maximum atomic E-state index is 11.1. The Hall–Kier alpha value is -1.10. The van der Waals surface area contributed by atoms with Crippen molar-refractivity contribution in [1.29, 1.82) is 0 Å². The highest BCUT2D eigenvalue weighted by Crippen LogP contribution is 2.52. The molecule has 0 radical (unpaired) electrons. The normalized spacial score (nSPS) is 19.6. The quantitative estimate of drug-likeness (QED) is 0.656. The van der Waals surface area contributed by atoms with Gasteiger partial charge in [0.2, 0.25) is 6.33 Å². The predicted molar refractivity (Wildman–Crippen MR) is 76.7 cm³/mol. The average molecular weight is 313 g/mol. The van der Waals surface area contributed by atoms with E-state index in [4.69, 9.17) is 23.2 Å². The molecule has 1 atom stereocenters. The van der Waals surface area contributed by atoms with Crippen LogP contribution in [0.25, 0.3) is 0 Å². The zero-order chi connectivity index (χ0) is 14.2. The first-order valence-electron chi connectivity index (χ1n) is 6.55. The number of nitrogens with zero attached hydrogens (tertiary/aromatic N) is 2. The molecule has 0 amide bonds. The largest absolute Gasteiger partial charge is 0.383 e. The van der Waals surface area contributed by atoms with Gasteiger partial charge in [0.05, 0.1) is 4.87 Å². The average Bonchev–Trinajstić information content (AvgIpc) is 2.98. The summed E-state index contributed by atoms with van der Waals surface area (Å²) in [5, 5.41) is 14.7. The van der Waals surface area contributed by atoms with Crippen molar-refractivity contribution in [1.82, 2.24) is 10.1 Å². The molecule has 3 rings (SSSR count). The van der Waals surface area contributed by atoms with Gasteiger partial charge < -0.3 is 5.11 Å². The zero-order valence-corrected chi connectivity index (χ0v) is 12.4. The van der Waals surface area contributed by atoms with Crippen molar-refractivity contribution in [3.63, 3.8) is 0 Å². The van der Waals surface area contributed by atoms with Crippen molar-refractivity contribution in [2.45, 2.75) is 36.3 Å². The van der Waals surface area contributed by atoms with Crippen molar-refractivity contribution in [2.24, 2.45) is 0 Å². The molecule has 1 saturated carbocycles. The van der Waals surface area contributed by atoms with Crippen molar-refractivity contribution >= 4 is 23.2 Å². The minimum absolute atomic E-state index is 0.363. The minimum atomic E-state index is -1.06. The van der Waals surface area contributed by atoms with Gasteiger partial charge >= 0.3 is 6.33 Å². The summed E-state index contributed by atoms with van der Waals surface area (Å²) in [4.78, 5) is 3.38. The highest BCUT2D eigenvalue weighted by atomic mass is 35.5. The summed E-state index contributed by atoms with van der Waals surface area (Å²) in [6, 6.07) is 7.54. The maximum absolute atomic E-state index is 11.1. The van der Waals surface area contributed by atoms with Crippen molar-refractivity contribution in [2.75, 3.05) is 0 Å². The molecule has 106 valence electrons. The van der Waals surface area contributed by atoms with Crippen LogP contribution in [-0.2, 0) is 13.0 Å². The van der Waals surface area contributed by atoms with Crippen LogP contribution >= 0.6 is 23.2 Å². The smallest absolute Gasteiger partial charge is 0.306 e. The van der Waals surface area contributed by atoms with Gasteiger partial charge in [-0.05, 0) is 29.5 Å². The van der Waals surface area contributed by atoms with E-state index < -0.39 is 10.5 Å². The molecule has 1 aromatic heterocycles. The van der Waals surface area contributed by atoms with Crippen LogP contribution in [0.2, 0.25) is 5.02 Å². The lowest BCUT2D eigenvalue weighted by Gasteiger charge is -2.31. The van der Waals surface area contributed by atoms with Gasteiger partial charge in [0.15, 0.2) is 0 Å². The van der Waals surface area contributed by atoms with Crippen LogP contribution in [0.3, 0.4) is 0 Å². The summed E-state index contributed by atoms with van der Waals surface area (Å²) in [5.41, 5.74) is -0.153. The Kier molecular flexibility index (Phi) is 3.48. The van der Waals surface area contributed by atoms with Crippen LogP contribution < -0.4 is 4.68 Å². The van der Waals surface area contributed by atoms with E-state index in [1.807, 2.05) is 24.3 Å². The molecule has 1 heterocycles. The lowest BCUT2D eigenvalue weighted by Crippen LogP contribution is -2.56. The molecule has 1 fully saturated rings. The second-order valence-electron chi connectivity index (χ2n) is 5.42. The molecule has 0 unspecified atom stereocenters. The number of benzene rings is 1. The van der Waals surface area contributed by atoms with Crippen molar-refractivity contribution < 1.29 is 9.79 Å². The molecule has 0 bridgehead atoms. The lowest BCUT2D eigenvalue weighted by molar-refractivity contribution is -0.762. The summed E-state index contributed by atoms with van der Waals surface area (Å²) in [5.74, 6) is 0. The van der Waals surface area contributed by atoms with Gasteiger partial charge in [-0.3, -0.25) is 0 Å². The van der Waals surface area contributed by atoms with E-state index >= 15 is 0 Å². The highest BCUT2D eigenvalue weighted by molar-refractivity contribution is 6.31. The monoisotopic (exact) mass is 312 g/mol. The fraction of sp³-hybridized carbons (Fsp3) is 0.429. The molecule has 20 heavy (non-hydrogen) atoms. The molecule has 0 saturated heterocycles. The number of alkyl halides is 1. The van der Waals surface area contributed by atoms with Crippen LogP contribution in [0.4, 0.5) is 0 Å². The number of nitrogens with one attached hydrogen (secondary N) is 1. The third kappa shape index (κ3) is 2.55. The number of H-pyrrole nitrogens is 1. The van der Waals surface area contributed by atoms with Crippen LogP contribution in [0.5, 0.6) is 0 Å². The van der Waals surface area contributed by atoms with E-state index in [9.17, 15) is 5.11 Å². The van der Waals surface area contributed by atoms with Gasteiger partial charge in [0, 0.05) is 11.4 Å². The number of hydrogen-bond donors (Lipinski definition) is 2. The summed E-state index contributed by atoms with van der Waals surface area (Å²) in [6.45, 7) is 0.363. The van der Waals surface area contributed by atoms with Crippen LogP contribution in [0, 0.1) is 0 Å². The third-order valence-corrected chi connectivity index (χ3v) is 5.00. The topological polar surface area (TPSA) is 52.8 Å². The predicted octanol–water partition coefficient (Wildman–Crippen LogP) is 2.10. The standard InChI is InChI=1S/C14H15Cl2N3O/c15-12-4-2-1-3-11(12)7-14(20,13(16)5-6-13)8-19-10-17-9-18-19/h1-4,9-10,20H,5-8H2/p+1/t14-/m0/s1. The van der Waals surface area contributed by atoms with E-state index in [0.29, 0.717) is 18.0 Å². The number of rotatable bonds is 5. The first-order valence-corrected chi connectivity index (χ1v) is 7.31. The van der Waals surface area contributed by atoms with Gasteiger partial charge in [-0.2, -0.15) is 9.78 Å². The Labute approximate surface area is 127 Å². The Morgan fingerprint density at radius 2 is 2.15 bits per heavy atom. The zero-order valence-electron chi connectivity index (χ0n) is 10.9. The van der Waals surface area contributed by atoms with Gasteiger partial charge in [-0.15, -0.1) is 11.6 Å². The van der Waals surface area contributed by atoms with Gasteiger partial charge in [-0.1, -0.05) is 29.8 Å². The molecule has 2 N–H and O–H groups in total.